The highest BCUT2D eigenvalue weighted by atomic mass is 15.3. The van der Waals surface area contributed by atoms with Crippen LogP contribution in [0.15, 0.2) is 12.3 Å². The van der Waals surface area contributed by atoms with Gasteiger partial charge in [-0.15, -0.1) is 0 Å². The van der Waals surface area contributed by atoms with Crippen LogP contribution in [0.25, 0.3) is 0 Å². The Morgan fingerprint density at radius 1 is 1.50 bits per heavy atom. The third kappa shape index (κ3) is 2.46. The lowest BCUT2D eigenvalue weighted by atomic mass is 9.80. The van der Waals surface area contributed by atoms with Crippen molar-refractivity contribution in [3.63, 3.8) is 0 Å². The summed E-state index contributed by atoms with van der Waals surface area (Å²) < 4.78 is 2.12. The molecular weight excluding hydrogens is 198 g/mol. The Balaban J connectivity index is 2.04. The molecule has 0 bridgehead atoms. The lowest BCUT2D eigenvalue weighted by Crippen LogP contribution is -2.27. The molecule has 3 heteroatoms. The van der Waals surface area contributed by atoms with Gasteiger partial charge in [0.1, 0.15) is 0 Å². The molecule has 90 valence electrons. The lowest BCUT2D eigenvalue weighted by molar-refractivity contribution is 0.257. The van der Waals surface area contributed by atoms with Crippen molar-refractivity contribution in [2.24, 2.45) is 5.92 Å². The van der Waals surface area contributed by atoms with E-state index in [2.05, 4.69) is 35.0 Å². The minimum Gasteiger partial charge on any atom is -0.309 e. The molecule has 1 unspecified atom stereocenters. The van der Waals surface area contributed by atoms with E-state index in [0.29, 0.717) is 6.04 Å². The second-order valence-corrected chi connectivity index (χ2v) is 4.71. The summed E-state index contributed by atoms with van der Waals surface area (Å²) in [4.78, 5) is 0. The van der Waals surface area contributed by atoms with Gasteiger partial charge in [-0.1, -0.05) is 26.2 Å². The molecule has 1 atom stereocenters. The molecule has 0 aromatic carbocycles. The Morgan fingerprint density at radius 3 is 2.88 bits per heavy atom. The summed E-state index contributed by atoms with van der Waals surface area (Å²) in [5.74, 6) is 0.934. The number of aromatic nitrogens is 2. The van der Waals surface area contributed by atoms with Crippen LogP contribution in [0.2, 0.25) is 0 Å². The monoisotopic (exact) mass is 221 g/mol. The van der Waals surface area contributed by atoms with Crippen LogP contribution in [0.3, 0.4) is 0 Å². The first-order chi connectivity index (χ1) is 7.85. The Kier molecular flexibility index (Phi) is 3.99. The molecule has 2 rings (SSSR count). The molecule has 1 saturated carbocycles. The van der Waals surface area contributed by atoms with Crippen LogP contribution in [0.1, 0.15) is 51.3 Å². The lowest BCUT2D eigenvalue weighted by Gasteiger charge is -2.30. The molecule has 1 aliphatic carbocycles. The molecule has 16 heavy (non-hydrogen) atoms. The highest BCUT2D eigenvalue weighted by Gasteiger charge is 2.24. The van der Waals surface area contributed by atoms with Gasteiger partial charge in [0.05, 0.1) is 5.69 Å². The average Bonchev–Trinajstić information content (AvgIpc) is 2.69. The van der Waals surface area contributed by atoms with Crippen LogP contribution < -0.4 is 5.32 Å². The first-order valence-electron chi connectivity index (χ1n) is 6.60. The van der Waals surface area contributed by atoms with Crippen LogP contribution in [0.4, 0.5) is 0 Å². The van der Waals surface area contributed by atoms with Crippen LogP contribution >= 0.6 is 0 Å². The van der Waals surface area contributed by atoms with Crippen molar-refractivity contribution in [1.29, 1.82) is 0 Å². The first-order valence-corrected chi connectivity index (χ1v) is 6.60. The summed E-state index contributed by atoms with van der Waals surface area (Å²) in [6.07, 6.45) is 7.46. The van der Waals surface area contributed by atoms with Gasteiger partial charge < -0.3 is 5.32 Å². The van der Waals surface area contributed by atoms with Gasteiger partial charge in [0, 0.05) is 18.8 Å². The molecule has 0 saturated heterocycles. The van der Waals surface area contributed by atoms with E-state index >= 15 is 0 Å². The van der Waals surface area contributed by atoms with Crippen molar-refractivity contribution in [2.45, 2.75) is 52.1 Å². The Hall–Kier alpha value is -0.830. The van der Waals surface area contributed by atoms with Crippen LogP contribution in [0, 0.1) is 5.92 Å². The van der Waals surface area contributed by atoms with Gasteiger partial charge in [-0.25, -0.2) is 0 Å². The van der Waals surface area contributed by atoms with Crippen molar-refractivity contribution in [3.8, 4) is 0 Å². The maximum absolute atomic E-state index is 4.37. The number of hydrogen-bond donors (Lipinski definition) is 1. The minimum atomic E-state index is 0.498. The molecule has 1 heterocycles. The standard InChI is InChI=1S/C13H23N3/c1-3-14-12(10-11-6-5-7-11)13-8-9-15-16(13)4-2/h8-9,11-12,14H,3-7,10H2,1-2H3. The maximum atomic E-state index is 4.37. The minimum absolute atomic E-state index is 0.498. The molecule has 0 amide bonds. The topological polar surface area (TPSA) is 29.9 Å². The van der Waals surface area contributed by atoms with Gasteiger partial charge in [0.2, 0.25) is 0 Å². The van der Waals surface area contributed by atoms with Gasteiger partial charge in [0.15, 0.2) is 0 Å². The number of nitrogens with zero attached hydrogens (tertiary/aromatic N) is 2. The Morgan fingerprint density at radius 2 is 2.31 bits per heavy atom. The van der Waals surface area contributed by atoms with Crippen molar-refractivity contribution in [3.05, 3.63) is 18.0 Å². The summed E-state index contributed by atoms with van der Waals surface area (Å²) >= 11 is 0. The van der Waals surface area contributed by atoms with Crippen LogP contribution in [0.5, 0.6) is 0 Å². The summed E-state index contributed by atoms with van der Waals surface area (Å²) in [5, 5.41) is 7.96. The molecule has 1 fully saturated rings. The van der Waals surface area contributed by atoms with Crippen LogP contribution in [-0.4, -0.2) is 16.3 Å². The molecule has 3 nitrogen and oxygen atoms in total. The van der Waals surface area contributed by atoms with Gasteiger partial charge in [-0.05, 0) is 31.9 Å². The van der Waals surface area contributed by atoms with Gasteiger partial charge >= 0.3 is 0 Å². The zero-order valence-electron chi connectivity index (χ0n) is 10.4. The molecule has 1 N–H and O–H groups in total. The number of aryl methyl sites for hydroxylation is 1. The predicted octanol–water partition coefficient (Wildman–Crippen LogP) is 2.74. The Labute approximate surface area is 98.2 Å². The molecule has 1 aromatic rings. The zero-order chi connectivity index (χ0) is 11.4. The summed E-state index contributed by atoms with van der Waals surface area (Å²) in [6, 6.07) is 2.66. The van der Waals surface area contributed by atoms with E-state index in [1.807, 2.05) is 6.20 Å². The third-order valence-electron chi connectivity index (χ3n) is 3.65. The molecule has 1 aliphatic rings. The fourth-order valence-electron chi connectivity index (χ4n) is 2.52. The third-order valence-corrected chi connectivity index (χ3v) is 3.65. The van der Waals surface area contributed by atoms with E-state index in [4.69, 9.17) is 0 Å². The fraction of sp³-hybridized carbons (Fsp3) is 0.769. The molecule has 1 aromatic heterocycles. The van der Waals surface area contributed by atoms with Crippen LogP contribution in [-0.2, 0) is 6.54 Å². The SMILES string of the molecule is CCNC(CC1CCC1)c1ccnn1CC. The van der Waals surface area contributed by atoms with Gasteiger partial charge in [-0.3, -0.25) is 4.68 Å². The molecule has 0 spiro atoms. The van der Waals surface area contributed by atoms with E-state index in [0.717, 1.165) is 19.0 Å². The van der Waals surface area contributed by atoms with E-state index in [1.54, 1.807) is 0 Å². The van der Waals surface area contributed by atoms with E-state index in [-0.39, 0.29) is 0 Å². The number of rotatable bonds is 6. The normalized spacial score (nSPS) is 18.4. The molecule has 0 aliphatic heterocycles. The largest absolute Gasteiger partial charge is 0.309 e. The molecular formula is C13H23N3. The summed E-state index contributed by atoms with van der Waals surface area (Å²) in [5.41, 5.74) is 1.36. The van der Waals surface area contributed by atoms with Gasteiger partial charge in [0.25, 0.3) is 0 Å². The molecule has 0 radical (unpaired) electrons. The highest BCUT2D eigenvalue weighted by molar-refractivity contribution is 5.07. The second kappa shape index (κ2) is 5.48. The predicted molar refractivity (Wildman–Crippen MR) is 66.3 cm³/mol. The Bertz CT molecular complexity index is 315. The van der Waals surface area contributed by atoms with Crippen molar-refractivity contribution < 1.29 is 0 Å². The summed E-state index contributed by atoms with van der Waals surface area (Å²) in [6.45, 7) is 6.34. The zero-order valence-corrected chi connectivity index (χ0v) is 10.4. The average molecular weight is 221 g/mol. The quantitative estimate of drug-likeness (QED) is 0.800. The highest BCUT2D eigenvalue weighted by Crippen LogP contribution is 2.34. The number of hydrogen-bond acceptors (Lipinski definition) is 2. The first kappa shape index (κ1) is 11.6. The maximum Gasteiger partial charge on any atom is 0.0553 e. The van der Waals surface area contributed by atoms with Crippen molar-refractivity contribution in [1.82, 2.24) is 15.1 Å². The fourth-order valence-corrected chi connectivity index (χ4v) is 2.52. The van der Waals surface area contributed by atoms with E-state index < -0.39 is 0 Å². The smallest absolute Gasteiger partial charge is 0.0553 e. The number of nitrogens with one attached hydrogen (secondary N) is 1. The van der Waals surface area contributed by atoms with E-state index in [1.165, 1.54) is 31.4 Å². The van der Waals surface area contributed by atoms with E-state index in [9.17, 15) is 0 Å². The van der Waals surface area contributed by atoms with Gasteiger partial charge in [-0.2, -0.15) is 5.10 Å². The van der Waals surface area contributed by atoms with Crippen molar-refractivity contribution in [2.75, 3.05) is 6.54 Å². The summed E-state index contributed by atoms with van der Waals surface area (Å²) in [7, 11) is 0. The van der Waals surface area contributed by atoms with Crippen molar-refractivity contribution >= 4 is 0 Å². The second-order valence-electron chi connectivity index (χ2n) is 4.71.